The maximum absolute atomic E-state index is 5.69. The number of benzene rings is 1. The average molecular weight is 366 g/mol. The third-order valence-electron chi connectivity index (χ3n) is 3.01. The largest absolute Gasteiger partial charge is 0.393 e. The highest BCUT2D eigenvalue weighted by molar-refractivity contribution is 9.11. The molecule has 3 nitrogen and oxygen atoms in total. The number of hydrogen-bond acceptors (Lipinski definition) is 3. The van der Waals surface area contributed by atoms with Gasteiger partial charge in [-0.25, -0.2) is 4.98 Å². The first-order valence-electron chi connectivity index (χ1n) is 6.10. The average Bonchev–Trinajstić information content (AvgIpc) is 2.95. The van der Waals surface area contributed by atoms with Crippen molar-refractivity contribution in [1.29, 1.82) is 0 Å². The summed E-state index contributed by atoms with van der Waals surface area (Å²) < 4.78 is 3.32. The Morgan fingerprint density at radius 3 is 2.80 bits per heavy atom. The molecule has 0 saturated heterocycles. The van der Waals surface area contributed by atoms with Gasteiger partial charge in [0.2, 0.25) is 0 Å². The van der Waals surface area contributed by atoms with E-state index in [1.165, 1.54) is 4.88 Å². The molecule has 0 fully saturated rings. The van der Waals surface area contributed by atoms with Crippen LogP contribution in [-0.4, -0.2) is 14.5 Å². The molecule has 0 aliphatic heterocycles. The van der Waals surface area contributed by atoms with Gasteiger partial charge in [-0.15, -0.1) is 11.3 Å². The number of fused-ring (bicyclic) bond motifs is 1. The second-order valence-corrected chi connectivity index (χ2v) is 7.52. The normalized spacial score (nSPS) is 11.1. The fourth-order valence-electron chi connectivity index (χ4n) is 2.19. The molecule has 102 valence electrons. The smallest absolute Gasteiger partial charge is 0.117 e. The lowest BCUT2D eigenvalue weighted by Crippen LogP contribution is -2.15. The number of nitrogens with zero attached hydrogens (tertiary/aromatic N) is 2. The minimum absolute atomic E-state index is 0.467. The molecular weight excluding hydrogens is 354 g/mol. The standard InChI is InChI=1S/C14H12BrN3S2/c15-12-6-5-9(20-12)8-18-11-4-2-1-3-10(11)17-14(18)7-13(16)19/h1-6H,7-8H2,(H2,16,19). The van der Waals surface area contributed by atoms with Gasteiger partial charge in [0.15, 0.2) is 0 Å². The second-order valence-electron chi connectivity index (χ2n) is 4.45. The van der Waals surface area contributed by atoms with Gasteiger partial charge in [-0.2, -0.15) is 0 Å². The third-order valence-corrected chi connectivity index (χ3v) is 4.76. The molecule has 20 heavy (non-hydrogen) atoms. The van der Waals surface area contributed by atoms with Crippen LogP contribution in [0, 0.1) is 0 Å². The van der Waals surface area contributed by atoms with E-state index >= 15 is 0 Å². The molecule has 0 aliphatic carbocycles. The van der Waals surface area contributed by atoms with Gasteiger partial charge in [0, 0.05) is 4.88 Å². The van der Waals surface area contributed by atoms with Gasteiger partial charge in [0.05, 0.1) is 32.8 Å². The van der Waals surface area contributed by atoms with Crippen LogP contribution in [0.2, 0.25) is 0 Å². The molecule has 0 aliphatic rings. The number of imidazole rings is 1. The first-order chi connectivity index (χ1) is 9.63. The highest BCUT2D eigenvalue weighted by Crippen LogP contribution is 2.25. The van der Waals surface area contributed by atoms with E-state index in [1.54, 1.807) is 11.3 Å². The zero-order chi connectivity index (χ0) is 14.1. The molecule has 2 heterocycles. The molecule has 3 rings (SSSR count). The summed E-state index contributed by atoms with van der Waals surface area (Å²) >= 11 is 10.3. The SMILES string of the molecule is NC(=S)Cc1nc2ccccc2n1Cc1ccc(Br)s1. The summed E-state index contributed by atoms with van der Waals surface area (Å²) in [6.45, 7) is 0.786. The van der Waals surface area contributed by atoms with Crippen molar-refractivity contribution in [2.75, 3.05) is 0 Å². The van der Waals surface area contributed by atoms with Gasteiger partial charge < -0.3 is 10.3 Å². The number of thiophene rings is 1. The summed E-state index contributed by atoms with van der Waals surface area (Å²) in [5.74, 6) is 0.920. The van der Waals surface area contributed by atoms with Gasteiger partial charge in [-0.1, -0.05) is 24.4 Å². The molecule has 0 amide bonds. The van der Waals surface area contributed by atoms with Crippen LogP contribution < -0.4 is 5.73 Å². The molecular formula is C14H12BrN3S2. The lowest BCUT2D eigenvalue weighted by Gasteiger charge is -2.07. The van der Waals surface area contributed by atoms with E-state index in [0.29, 0.717) is 11.4 Å². The molecule has 0 bridgehead atoms. The summed E-state index contributed by atoms with van der Waals surface area (Å²) in [5, 5.41) is 0. The number of para-hydroxylation sites is 2. The highest BCUT2D eigenvalue weighted by Gasteiger charge is 2.12. The fraction of sp³-hybridized carbons (Fsp3) is 0.143. The lowest BCUT2D eigenvalue weighted by atomic mass is 10.3. The molecule has 2 N–H and O–H groups in total. The predicted molar refractivity (Wildman–Crippen MR) is 91.3 cm³/mol. The van der Waals surface area contributed by atoms with Crippen molar-refractivity contribution in [3.8, 4) is 0 Å². The topological polar surface area (TPSA) is 43.8 Å². The van der Waals surface area contributed by atoms with Gasteiger partial charge in [0.1, 0.15) is 5.82 Å². The van der Waals surface area contributed by atoms with Crippen molar-refractivity contribution < 1.29 is 0 Å². The summed E-state index contributed by atoms with van der Waals surface area (Å²) in [4.78, 5) is 6.38. The second kappa shape index (κ2) is 5.63. The van der Waals surface area contributed by atoms with Crippen LogP contribution in [0.25, 0.3) is 11.0 Å². The van der Waals surface area contributed by atoms with E-state index < -0.39 is 0 Å². The molecule has 3 aromatic rings. The number of rotatable bonds is 4. The molecule has 0 spiro atoms. The highest BCUT2D eigenvalue weighted by atomic mass is 79.9. The summed E-state index contributed by atoms with van der Waals surface area (Å²) in [6, 6.07) is 12.3. The van der Waals surface area contributed by atoms with Crippen molar-refractivity contribution in [1.82, 2.24) is 9.55 Å². The van der Waals surface area contributed by atoms with Crippen LogP contribution in [0.3, 0.4) is 0 Å². The summed E-state index contributed by atoms with van der Waals surface area (Å²) in [7, 11) is 0. The van der Waals surface area contributed by atoms with Crippen LogP contribution in [-0.2, 0) is 13.0 Å². The minimum atomic E-state index is 0.467. The maximum atomic E-state index is 5.69. The zero-order valence-corrected chi connectivity index (χ0v) is 13.8. The molecule has 0 saturated carbocycles. The quantitative estimate of drug-likeness (QED) is 0.716. The molecule has 6 heteroatoms. The Bertz CT molecular complexity index is 776. The van der Waals surface area contributed by atoms with Gasteiger partial charge in [-0.3, -0.25) is 0 Å². The van der Waals surface area contributed by atoms with Crippen molar-refractivity contribution in [3.63, 3.8) is 0 Å². The number of thiocarbonyl (C=S) groups is 1. The van der Waals surface area contributed by atoms with Crippen molar-refractivity contribution >= 4 is 55.5 Å². The van der Waals surface area contributed by atoms with Crippen LogP contribution in [0.1, 0.15) is 10.7 Å². The van der Waals surface area contributed by atoms with E-state index in [4.69, 9.17) is 18.0 Å². The molecule has 2 aromatic heterocycles. The van der Waals surface area contributed by atoms with Crippen molar-refractivity contribution in [3.05, 3.63) is 50.9 Å². The van der Waals surface area contributed by atoms with E-state index in [0.717, 1.165) is 27.2 Å². The Labute approximate surface area is 134 Å². The number of hydrogen-bond donors (Lipinski definition) is 1. The maximum Gasteiger partial charge on any atom is 0.117 e. The first-order valence-corrected chi connectivity index (χ1v) is 8.12. The Balaban J connectivity index is 2.08. The van der Waals surface area contributed by atoms with Crippen molar-refractivity contribution in [2.45, 2.75) is 13.0 Å². The summed E-state index contributed by atoms with van der Waals surface area (Å²) in [5.41, 5.74) is 7.78. The van der Waals surface area contributed by atoms with Crippen LogP contribution in [0.4, 0.5) is 0 Å². The summed E-state index contributed by atoms with van der Waals surface area (Å²) in [6.07, 6.45) is 0.524. The van der Waals surface area contributed by atoms with Crippen LogP contribution >= 0.6 is 39.5 Å². The van der Waals surface area contributed by atoms with E-state index in [1.807, 2.05) is 18.2 Å². The molecule has 0 unspecified atom stereocenters. The zero-order valence-electron chi connectivity index (χ0n) is 10.5. The van der Waals surface area contributed by atoms with Gasteiger partial charge >= 0.3 is 0 Å². The van der Waals surface area contributed by atoms with E-state index in [-0.39, 0.29) is 0 Å². The molecule has 0 radical (unpaired) electrons. The Hall–Kier alpha value is -1.24. The number of aromatic nitrogens is 2. The Morgan fingerprint density at radius 2 is 2.10 bits per heavy atom. The van der Waals surface area contributed by atoms with E-state index in [9.17, 15) is 0 Å². The van der Waals surface area contributed by atoms with Crippen LogP contribution in [0.15, 0.2) is 40.2 Å². The fourth-order valence-corrected chi connectivity index (χ4v) is 3.79. The van der Waals surface area contributed by atoms with E-state index in [2.05, 4.69) is 43.7 Å². The van der Waals surface area contributed by atoms with Gasteiger partial charge in [-0.05, 0) is 40.2 Å². The predicted octanol–water partition coefficient (Wildman–Crippen LogP) is 3.74. The Morgan fingerprint density at radius 1 is 1.30 bits per heavy atom. The molecule has 0 atom stereocenters. The third kappa shape index (κ3) is 2.77. The monoisotopic (exact) mass is 365 g/mol. The first kappa shape index (κ1) is 13.7. The Kier molecular flexibility index (Phi) is 3.87. The lowest BCUT2D eigenvalue weighted by molar-refractivity contribution is 0.784. The minimum Gasteiger partial charge on any atom is -0.393 e. The number of nitrogens with two attached hydrogens (primary N) is 1. The number of halogens is 1. The van der Waals surface area contributed by atoms with Crippen molar-refractivity contribution in [2.24, 2.45) is 5.73 Å². The van der Waals surface area contributed by atoms with Gasteiger partial charge in [0.25, 0.3) is 0 Å². The molecule has 1 aromatic carbocycles. The van der Waals surface area contributed by atoms with Crippen LogP contribution in [0.5, 0.6) is 0 Å².